The van der Waals surface area contributed by atoms with Crippen LogP contribution >= 0.6 is 0 Å². The number of nitrogens with zero attached hydrogens (tertiary/aromatic N) is 1. The van der Waals surface area contributed by atoms with Gasteiger partial charge in [-0.1, -0.05) is 0 Å². The highest BCUT2D eigenvalue weighted by Gasteiger charge is 2.25. The Hall–Kier alpha value is -1.04. The fourth-order valence-electron chi connectivity index (χ4n) is 1.04. The largest absolute Gasteiger partial charge is 0.332 e. The molecule has 0 aromatic heterocycles. The minimum absolute atomic E-state index is 0.0488. The number of likely N-dealkylation sites (tertiary alicyclic amines) is 1. The van der Waals surface area contributed by atoms with Crippen molar-refractivity contribution in [3.63, 3.8) is 0 Å². The van der Waals surface area contributed by atoms with Crippen molar-refractivity contribution in [1.29, 1.82) is 0 Å². The molecule has 0 saturated carbocycles. The zero-order valence-electron chi connectivity index (χ0n) is 5.72. The highest BCUT2D eigenvalue weighted by atomic mass is 19.1. The average molecular weight is 141 g/mol. The second-order valence-electron chi connectivity index (χ2n) is 2.30. The van der Waals surface area contributed by atoms with E-state index < -0.39 is 0 Å². The standard InChI is InChI=1S/C7H8FNO/c1-9-6(4-5-8)2-3-7(9)10/h6H,2-3H2,1H3. The molecule has 0 bridgehead atoms. The lowest BCUT2D eigenvalue weighted by molar-refractivity contribution is -0.127. The van der Waals surface area contributed by atoms with Crippen LogP contribution in [0.15, 0.2) is 0 Å². The van der Waals surface area contributed by atoms with Crippen LogP contribution in [-0.4, -0.2) is 23.9 Å². The summed E-state index contributed by atoms with van der Waals surface area (Å²) in [5, 5.41) is 0. The second-order valence-corrected chi connectivity index (χ2v) is 2.30. The van der Waals surface area contributed by atoms with Crippen molar-refractivity contribution in [3.8, 4) is 12.1 Å². The van der Waals surface area contributed by atoms with Crippen LogP contribution in [0.2, 0.25) is 0 Å². The number of hydrogen-bond donors (Lipinski definition) is 0. The SMILES string of the molecule is CN1C(=O)CCC1C#CF. The van der Waals surface area contributed by atoms with Crippen molar-refractivity contribution in [2.75, 3.05) is 7.05 Å². The average Bonchev–Trinajstić information content (AvgIpc) is 2.20. The normalized spacial score (nSPS) is 24.4. The Morgan fingerprint density at radius 3 is 2.90 bits per heavy atom. The predicted octanol–water partition coefficient (Wildman–Crippen LogP) is 0.538. The Morgan fingerprint density at radius 2 is 2.50 bits per heavy atom. The fraction of sp³-hybridized carbons (Fsp3) is 0.571. The van der Waals surface area contributed by atoms with Crippen LogP contribution in [0.25, 0.3) is 0 Å². The molecule has 10 heavy (non-hydrogen) atoms. The van der Waals surface area contributed by atoms with Gasteiger partial charge >= 0.3 is 0 Å². The van der Waals surface area contributed by atoms with Crippen molar-refractivity contribution in [1.82, 2.24) is 4.90 Å². The summed E-state index contributed by atoms with van der Waals surface area (Å²) in [5.41, 5.74) is 0. The number of hydrogen-bond acceptors (Lipinski definition) is 1. The summed E-state index contributed by atoms with van der Waals surface area (Å²) in [5.74, 6) is 2.36. The van der Waals surface area contributed by atoms with Crippen molar-refractivity contribution in [3.05, 3.63) is 0 Å². The maximum Gasteiger partial charge on any atom is 0.223 e. The van der Waals surface area contributed by atoms with Crippen molar-refractivity contribution in [2.24, 2.45) is 0 Å². The van der Waals surface area contributed by atoms with Gasteiger partial charge in [0.25, 0.3) is 0 Å². The molecule has 3 heteroatoms. The van der Waals surface area contributed by atoms with Gasteiger partial charge in [-0.25, -0.2) is 0 Å². The van der Waals surface area contributed by atoms with Gasteiger partial charge in [-0.05, 0) is 12.3 Å². The molecule has 1 atom stereocenters. The smallest absolute Gasteiger partial charge is 0.223 e. The first-order chi connectivity index (χ1) is 4.75. The zero-order valence-corrected chi connectivity index (χ0v) is 5.72. The van der Waals surface area contributed by atoms with E-state index in [4.69, 9.17) is 0 Å². The number of carbonyl (C=O) groups is 1. The fourth-order valence-corrected chi connectivity index (χ4v) is 1.04. The Balaban J connectivity index is 2.63. The minimum Gasteiger partial charge on any atom is -0.332 e. The molecule has 1 amide bonds. The summed E-state index contributed by atoms with van der Waals surface area (Å²) < 4.78 is 11.4. The van der Waals surface area contributed by atoms with Crippen LogP contribution < -0.4 is 0 Å². The number of rotatable bonds is 0. The summed E-state index contributed by atoms with van der Waals surface area (Å²) >= 11 is 0. The van der Waals surface area contributed by atoms with Crippen molar-refractivity contribution >= 4 is 5.91 Å². The maximum atomic E-state index is 11.4. The molecular formula is C7H8FNO. The number of halogens is 1. The van der Waals surface area contributed by atoms with Gasteiger partial charge in [-0.3, -0.25) is 4.79 Å². The van der Waals surface area contributed by atoms with E-state index in [-0.39, 0.29) is 11.9 Å². The van der Waals surface area contributed by atoms with E-state index in [1.165, 1.54) is 11.1 Å². The number of carbonyl (C=O) groups excluding carboxylic acids is 1. The Labute approximate surface area is 59.0 Å². The lowest BCUT2D eigenvalue weighted by atomic mass is 10.2. The molecule has 0 spiro atoms. The molecule has 54 valence electrons. The third-order valence-electron chi connectivity index (χ3n) is 1.71. The van der Waals surface area contributed by atoms with Crippen LogP contribution in [0.5, 0.6) is 0 Å². The lowest BCUT2D eigenvalue weighted by Gasteiger charge is -2.12. The Kier molecular flexibility index (Phi) is 1.91. The summed E-state index contributed by atoms with van der Waals surface area (Å²) in [7, 11) is 1.64. The van der Waals surface area contributed by atoms with Crippen LogP contribution in [0.4, 0.5) is 4.39 Å². The van der Waals surface area contributed by atoms with Gasteiger partial charge in [0.2, 0.25) is 5.91 Å². The molecule has 1 aliphatic rings. The molecular weight excluding hydrogens is 133 g/mol. The van der Waals surface area contributed by atoms with E-state index in [2.05, 4.69) is 5.92 Å². The van der Waals surface area contributed by atoms with Gasteiger partial charge < -0.3 is 4.90 Å². The molecule has 1 heterocycles. The maximum absolute atomic E-state index is 11.4. The topological polar surface area (TPSA) is 20.3 Å². The monoisotopic (exact) mass is 141 g/mol. The van der Waals surface area contributed by atoms with Crippen molar-refractivity contribution in [2.45, 2.75) is 18.9 Å². The molecule has 1 aliphatic heterocycles. The predicted molar refractivity (Wildman–Crippen MR) is 34.7 cm³/mol. The minimum atomic E-state index is -0.197. The molecule has 1 unspecified atom stereocenters. The lowest BCUT2D eigenvalue weighted by Crippen LogP contribution is -2.27. The third-order valence-corrected chi connectivity index (χ3v) is 1.71. The van der Waals surface area contributed by atoms with Gasteiger partial charge in [0.1, 0.15) is 6.17 Å². The van der Waals surface area contributed by atoms with Gasteiger partial charge in [0, 0.05) is 13.5 Å². The highest BCUT2D eigenvalue weighted by Crippen LogP contribution is 2.14. The van der Waals surface area contributed by atoms with Gasteiger partial charge in [0.05, 0.1) is 6.04 Å². The van der Waals surface area contributed by atoms with Crippen LogP contribution in [0.1, 0.15) is 12.8 Å². The number of amides is 1. The molecule has 0 radical (unpaired) electrons. The first-order valence-electron chi connectivity index (χ1n) is 3.12. The van der Waals surface area contributed by atoms with Crippen molar-refractivity contribution < 1.29 is 9.18 Å². The van der Waals surface area contributed by atoms with E-state index in [1.54, 1.807) is 7.05 Å². The van der Waals surface area contributed by atoms with Crippen LogP contribution in [-0.2, 0) is 4.79 Å². The molecule has 0 N–H and O–H groups in total. The summed E-state index contributed by atoms with van der Waals surface area (Å²) in [6, 6.07) is -0.197. The molecule has 0 aromatic carbocycles. The molecule has 0 aromatic rings. The van der Waals surface area contributed by atoms with E-state index in [0.29, 0.717) is 12.8 Å². The second kappa shape index (κ2) is 2.70. The first-order valence-corrected chi connectivity index (χ1v) is 3.12. The molecule has 2 nitrogen and oxygen atoms in total. The quantitative estimate of drug-likeness (QED) is 0.451. The van der Waals surface area contributed by atoms with E-state index >= 15 is 0 Å². The third kappa shape index (κ3) is 1.10. The van der Waals surface area contributed by atoms with E-state index in [1.807, 2.05) is 0 Å². The Morgan fingerprint density at radius 1 is 1.80 bits per heavy atom. The Bertz CT molecular complexity index is 203. The van der Waals surface area contributed by atoms with Gasteiger partial charge in [-0.15, -0.1) is 4.39 Å². The van der Waals surface area contributed by atoms with Crippen LogP contribution in [0.3, 0.4) is 0 Å². The molecule has 1 saturated heterocycles. The van der Waals surface area contributed by atoms with Gasteiger partial charge in [-0.2, -0.15) is 0 Å². The highest BCUT2D eigenvalue weighted by molar-refractivity contribution is 5.79. The summed E-state index contributed by atoms with van der Waals surface area (Å²) in [6.07, 6.45) is 2.47. The molecule has 1 fully saturated rings. The van der Waals surface area contributed by atoms with Crippen LogP contribution in [0, 0.1) is 12.1 Å². The first kappa shape index (κ1) is 7.07. The molecule has 0 aliphatic carbocycles. The zero-order chi connectivity index (χ0) is 7.56. The summed E-state index contributed by atoms with van der Waals surface area (Å²) in [4.78, 5) is 12.3. The summed E-state index contributed by atoms with van der Waals surface area (Å²) in [6.45, 7) is 0. The molecule has 1 rings (SSSR count). The van der Waals surface area contributed by atoms with E-state index in [0.717, 1.165) is 0 Å². The van der Waals surface area contributed by atoms with E-state index in [9.17, 15) is 9.18 Å². The van der Waals surface area contributed by atoms with Gasteiger partial charge in [0.15, 0.2) is 0 Å².